The lowest BCUT2D eigenvalue weighted by molar-refractivity contribution is 0.0954. The average molecular weight is 388 g/mol. The van der Waals surface area contributed by atoms with Crippen LogP contribution in [0.3, 0.4) is 0 Å². The van der Waals surface area contributed by atoms with E-state index >= 15 is 0 Å². The first kappa shape index (κ1) is 18.6. The number of carbonyl (C=O) groups is 1. The molecule has 0 saturated carbocycles. The Morgan fingerprint density at radius 3 is 2.55 bits per heavy atom. The molecule has 0 aliphatic carbocycles. The minimum Gasteiger partial charge on any atom is -0.507 e. The minimum atomic E-state index is -0.365. The maximum Gasteiger partial charge on any atom is 0.271 e. The summed E-state index contributed by atoms with van der Waals surface area (Å²) in [5.74, 6) is 0.905. The van der Waals surface area contributed by atoms with Gasteiger partial charge in [0.15, 0.2) is 11.5 Å². The highest BCUT2D eigenvalue weighted by Crippen LogP contribution is 2.32. The van der Waals surface area contributed by atoms with Crippen LogP contribution >= 0.6 is 0 Å². The van der Waals surface area contributed by atoms with E-state index in [4.69, 9.17) is 9.47 Å². The molecule has 3 aromatic carbocycles. The first-order valence-corrected chi connectivity index (χ1v) is 9.29. The van der Waals surface area contributed by atoms with E-state index in [2.05, 4.69) is 10.5 Å². The number of para-hydroxylation sites is 1. The number of carbonyl (C=O) groups excluding carboxylic acids is 1. The fourth-order valence-corrected chi connectivity index (χ4v) is 3.10. The van der Waals surface area contributed by atoms with E-state index < -0.39 is 0 Å². The minimum absolute atomic E-state index is 0.122. The zero-order valence-electron chi connectivity index (χ0n) is 15.7. The van der Waals surface area contributed by atoms with Crippen LogP contribution < -0.4 is 14.9 Å². The van der Waals surface area contributed by atoms with Crippen LogP contribution in [0.25, 0.3) is 0 Å². The highest BCUT2D eigenvalue weighted by Gasteiger charge is 2.16. The molecule has 0 atom stereocenters. The number of nitrogens with one attached hydrogen (secondary N) is 1. The summed E-state index contributed by atoms with van der Waals surface area (Å²) in [6.07, 6.45) is 1.29. The monoisotopic (exact) mass is 388 g/mol. The van der Waals surface area contributed by atoms with E-state index in [1.807, 2.05) is 36.4 Å². The number of hydrogen-bond donors (Lipinski definition) is 2. The van der Waals surface area contributed by atoms with Crippen molar-refractivity contribution in [1.29, 1.82) is 0 Å². The molecular weight excluding hydrogens is 368 g/mol. The molecule has 0 fully saturated rings. The summed E-state index contributed by atoms with van der Waals surface area (Å²) in [7, 11) is 0. The van der Waals surface area contributed by atoms with Crippen LogP contribution in [0.4, 0.5) is 0 Å². The molecule has 6 heteroatoms. The van der Waals surface area contributed by atoms with Crippen LogP contribution in [-0.2, 0) is 6.42 Å². The van der Waals surface area contributed by atoms with Gasteiger partial charge >= 0.3 is 0 Å². The summed E-state index contributed by atoms with van der Waals surface area (Å²) >= 11 is 0. The lowest BCUT2D eigenvalue weighted by atomic mass is 10.0. The number of aromatic hydroxyl groups is 1. The Balaban J connectivity index is 1.54. The van der Waals surface area contributed by atoms with Gasteiger partial charge in [-0.15, -0.1) is 0 Å². The predicted molar refractivity (Wildman–Crippen MR) is 109 cm³/mol. The largest absolute Gasteiger partial charge is 0.507 e. The number of aryl methyl sites for hydroxylation is 1. The topological polar surface area (TPSA) is 80.2 Å². The smallest absolute Gasteiger partial charge is 0.271 e. The maximum atomic E-state index is 12.6. The van der Waals surface area contributed by atoms with Crippen molar-refractivity contribution < 1.29 is 19.4 Å². The van der Waals surface area contributed by atoms with E-state index in [9.17, 15) is 9.90 Å². The van der Waals surface area contributed by atoms with E-state index in [1.165, 1.54) is 0 Å². The number of nitrogens with zero attached hydrogens (tertiary/aromatic N) is 1. The summed E-state index contributed by atoms with van der Waals surface area (Å²) < 4.78 is 10.6. The van der Waals surface area contributed by atoms with E-state index in [1.54, 1.807) is 36.4 Å². The molecule has 0 bridgehead atoms. The molecule has 2 N–H and O–H groups in total. The zero-order valence-corrected chi connectivity index (χ0v) is 15.7. The molecule has 3 aromatic rings. The van der Waals surface area contributed by atoms with Gasteiger partial charge in [0.1, 0.15) is 5.75 Å². The SMILES string of the molecule is O=C(N/N=C(\CCc1ccccc1)c1ccccc1O)c1ccc2c(c1)OCO2. The van der Waals surface area contributed by atoms with Crippen molar-refractivity contribution >= 4 is 11.6 Å². The van der Waals surface area contributed by atoms with Gasteiger partial charge in [0.25, 0.3) is 5.91 Å². The number of phenolic OH excluding ortho intramolecular Hbond substituents is 1. The number of benzene rings is 3. The van der Waals surface area contributed by atoms with Crippen LogP contribution in [0.1, 0.15) is 27.9 Å². The second kappa shape index (κ2) is 8.48. The quantitative estimate of drug-likeness (QED) is 0.496. The summed E-state index contributed by atoms with van der Waals surface area (Å²) in [5, 5.41) is 14.6. The van der Waals surface area contributed by atoms with Gasteiger partial charge in [-0.1, -0.05) is 42.5 Å². The highest BCUT2D eigenvalue weighted by molar-refractivity contribution is 6.04. The maximum absolute atomic E-state index is 12.6. The Morgan fingerprint density at radius 1 is 0.966 bits per heavy atom. The third-order valence-corrected chi connectivity index (χ3v) is 4.64. The molecule has 1 heterocycles. The molecule has 1 amide bonds. The number of fused-ring (bicyclic) bond motifs is 1. The summed E-state index contributed by atoms with van der Waals surface area (Å²) in [5.41, 5.74) is 5.35. The molecule has 0 aromatic heterocycles. The molecule has 0 saturated heterocycles. The standard InChI is InChI=1S/C23H20N2O4/c26-20-9-5-4-8-18(20)19(12-10-16-6-2-1-3-7-16)24-25-23(27)17-11-13-21-22(14-17)29-15-28-21/h1-9,11,13-14,26H,10,12,15H2,(H,25,27)/b24-19+. The lowest BCUT2D eigenvalue weighted by Crippen LogP contribution is -2.20. The Bertz CT molecular complexity index is 1050. The Morgan fingerprint density at radius 2 is 1.72 bits per heavy atom. The third kappa shape index (κ3) is 4.38. The first-order chi connectivity index (χ1) is 14.2. The van der Waals surface area contributed by atoms with Crippen LogP contribution in [0.15, 0.2) is 77.9 Å². The van der Waals surface area contributed by atoms with Crippen molar-refractivity contribution in [1.82, 2.24) is 5.43 Å². The molecule has 29 heavy (non-hydrogen) atoms. The highest BCUT2D eigenvalue weighted by atomic mass is 16.7. The molecule has 0 spiro atoms. The average Bonchev–Trinajstić information content (AvgIpc) is 3.23. The molecule has 1 aliphatic heterocycles. The summed E-state index contributed by atoms with van der Waals surface area (Å²) in [6, 6.07) is 21.9. The molecular formula is C23H20N2O4. The molecule has 0 unspecified atom stereocenters. The number of phenols is 1. The fourth-order valence-electron chi connectivity index (χ4n) is 3.10. The summed E-state index contributed by atoms with van der Waals surface area (Å²) in [6.45, 7) is 0.148. The van der Waals surface area contributed by atoms with Crippen LogP contribution in [0.5, 0.6) is 17.2 Å². The van der Waals surface area contributed by atoms with Gasteiger partial charge in [-0.3, -0.25) is 4.79 Å². The van der Waals surface area contributed by atoms with E-state index in [-0.39, 0.29) is 18.4 Å². The van der Waals surface area contributed by atoms with E-state index in [0.29, 0.717) is 34.8 Å². The van der Waals surface area contributed by atoms with Crippen molar-refractivity contribution in [2.45, 2.75) is 12.8 Å². The number of hydrogen-bond acceptors (Lipinski definition) is 5. The van der Waals surface area contributed by atoms with Crippen molar-refractivity contribution in [3.8, 4) is 17.2 Å². The van der Waals surface area contributed by atoms with E-state index in [0.717, 1.165) is 12.0 Å². The lowest BCUT2D eigenvalue weighted by Gasteiger charge is -2.10. The van der Waals surface area contributed by atoms with Gasteiger partial charge in [0.2, 0.25) is 6.79 Å². The molecule has 1 aliphatic rings. The predicted octanol–water partition coefficient (Wildman–Crippen LogP) is 3.89. The van der Waals surface area contributed by atoms with Crippen LogP contribution in [0, 0.1) is 0 Å². The van der Waals surface area contributed by atoms with Gasteiger partial charge in [0, 0.05) is 11.1 Å². The third-order valence-electron chi connectivity index (χ3n) is 4.64. The van der Waals surface area contributed by atoms with Gasteiger partial charge in [-0.25, -0.2) is 5.43 Å². The van der Waals surface area contributed by atoms with Crippen LogP contribution in [0.2, 0.25) is 0 Å². The second-order valence-corrected chi connectivity index (χ2v) is 6.57. The fraction of sp³-hybridized carbons (Fsp3) is 0.130. The molecule has 4 rings (SSSR count). The summed E-state index contributed by atoms with van der Waals surface area (Å²) in [4.78, 5) is 12.6. The Kier molecular flexibility index (Phi) is 5.42. The van der Waals surface area contributed by atoms with Crippen molar-refractivity contribution in [3.05, 3.63) is 89.5 Å². The molecule has 0 radical (unpaired) electrons. The Hall–Kier alpha value is -3.80. The number of amides is 1. The normalized spacial score (nSPS) is 12.6. The van der Waals surface area contributed by atoms with Gasteiger partial charge in [0.05, 0.1) is 5.71 Å². The van der Waals surface area contributed by atoms with Gasteiger partial charge in [-0.2, -0.15) is 5.10 Å². The van der Waals surface area contributed by atoms with Crippen molar-refractivity contribution in [3.63, 3.8) is 0 Å². The second-order valence-electron chi connectivity index (χ2n) is 6.57. The van der Waals surface area contributed by atoms with Crippen molar-refractivity contribution in [2.24, 2.45) is 5.10 Å². The number of ether oxygens (including phenoxy) is 2. The van der Waals surface area contributed by atoms with Crippen molar-refractivity contribution in [2.75, 3.05) is 6.79 Å². The molecule has 6 nitrogen and oxygen atoms in total. The first-order valence-electron chi connectivity index (χ1n) is 9.29. The number of hydrazone groups is 1. The number of rotatable bonds is 6. The van der Waals surface area contributed by atoms with Gasteiger partial charge in [-0.05, 0) is 48.7 Å². The zero-order chi connectivity index (χ0) is 20.1. The van der Waals surface area contributed by atoms with Crippen LogP contribution in [-0.4, -0.2) is 23.5 Å². The molecule has 146 valence electrons. The Labute approximate surface area is 168 Å². The van der Waals surface area contributed by atoms with Gasteiger partial charge < -0.3 is 14.6 Å².